The van der Waals surface area contributed by atoms with Gasteiger partial charge in [-0.05, 0) is 108 Å². The number of nitrogens with one attached hydrogen (secondary N) is 2. The van der Waals surface area contributed by atoms with Crippen molar-refractivity contribution in [3.8, 4) is 0 Å². The number of nitrogens with zero attached hydrogens (tertiary/aromatic N) is 2. The Bertz CT molecular complexity index is 465. The van der Waals surface area contributed by atoms with E-state index in [0.29, 0.717) is 16.9 Å². The summed E-state index contributed by atoms with van der Waals surface area (Å²) in [5.41, 5.74) is 1.18. The lowest BCUT2D eigenvalue weighted by atomic mass is 9.53. The molecule has 4 heteroatoms. The van der Waals surface area contributed by atoms with Crippen LogP contribution in [0.1, 0.15) is 52.9 Å². The molecule has 4 heterocycles. The molecule has 26 heavy (non-hydrogen) atoms. The zero-order valence-corrected chi connectivity index (χ0v) is 17.5. The van der Waals surface area contributed by atoms with Gasteiger partial charge in [0.25, 0.3) is 0 Å². The van der Waals surface area contributed by atoms with Crippen molar-refractivity contribution >= 4 is 0 Å². The molecule has 4 nitrogen and oxygen atoms in total. The quantitative estimate of drug-likeness (QED) is 0.807. The molecular formula is C22H42N4. The van der Waals surface area contributed by atoms with Crippen LogP contribution >= 0.6 is 0 Å². The third kappa shape index (κ3) is 3.36. The summed E-state index contributed by atoms with van der Waals surface area (Å²) in [7, 11) is 0. The Morgan fingerprint density at radius 2 is 1.50 bits per heavy atom. The maximum Gasteiger partial charge on any atom is 0.00387 e. The highest BCUT2D eigenvalue weighted by atomic mass is 15.2. The predicted octanol–water partition coefficient (Wildman–Crippen LogP) is 2.41. The SMILES string of the molecule is CCN1CCC2(CCNCC2)C(C2CN(C(C)C)CCC23CCNC3)C1. The zero-order valence-electron chi connectivity index (χ0n) is 17.5. The molecule has 4 saturated heterocycles. The van der Waals surface area contributed by atoms with E-state index in [1.807, 2.05) is 0 Å². The van der Waals surface area contributed by atoms with Crippen LogP contribution in [0.5, 0.6) is 0 Å². The van der Waals surface area contributed by atoms with Crippen molar-refractivity contribution in [2.45, 2.75) is 58.9 Å². The van der Waals surface area contributed by atoms with Crippen molar-refractivity contribution in [3.05, 3.63) is 0 Å². The first-order valence-corrected chi connectivity index (χ1v) is 11.5. The van der Waals surface area contributed by atoms with Crippen LogP contribution in [-0.4, -0.2) is 74.7 Å². The number of likely N-dealkylation sites (tertiary alicyclic amines) is 2. The van der Waals surface area contributed by atoms with Gasteiger partial charge in [-0.15, -0.1) is 0 Å². The van der Waals surface area contributed by atoms with Crippen molar-refractivity contribution in [1.82, 2.24) is 20.4 Å². The lowest BCUT2D eigenvalue weighted by Crippen LogP contribution is -2.61. The fraction of sp³-hybridized carbons (Fsp3) is 1.00. The van der Waals surface area contributed by atoms with Gasteiger partial charge in [0, 0.05) is 25.7 Å². The molecule has 4 aliphatic rings. The summed E-state index contributed by atoms with van der Waals surface area (Å²) in [6, 6.07) is 0.694. The number of piperidine rings is 3. The van der Waals surface area contributed by atoms with Gasteiger partial charge in [0.1, 0.15) is 0 Å². The van der Waals surface area contributed by atoms with Gasteiger partial charge in [-0.2, -0.15) is 0 Å². The van der Waals surface area contributed by atoms with Crippen LogP contribution in [0.2, 0.25) is 0 Å². The van der Waals surface area contributed by atoms with E-state index in [4.69, 9.17) is 0 Å². The van der Waals surface area contributed by atoms with Crippen LogP contribution in [-0.2, 0) is 0 Å². The molecule has 0 saturated carbocycles. The van der Waals surface area contributed by atoms with E-state index in [1.165, 1.54) is 91.0 Å². The summed E-state index contributed by atoms with van der Waals surface area (Å²) in [5.74, 6) is 1.76. The highest BCUT2D eigenvalue weighted by molar-refractivity contribution is 5.07. The Morgan fingerprint density at radius 3 is 2.15 bits per heavy atom. The maximum atomic E-state index is 3.77. The summed E-state index contributed by atoms with van der Waals surface area (Å²) >= 11 is 0. The molecule has 3 unspecified atom stereocenters. The second-order valence-corrected chi connectivity index (χ2v) is 10.1. The van der Waals surface area contributed by atoms with Crippen molar-refractivity contribution in [2.75, 3.05) is 58.9 Å². The number of rotatable bonds is 3. The van der Waals surface area contributed by atoms with E-state index < -0.39 is 0 Å². The average molecular weight is 363 g/mol. The second kappa shape index (κ2) is 7.69. The molecule has 4 aliphatic heterocycles. The van der Waals surface area contributed by atoms with Crippen molar-refractivity contribution in [1.29, 1.82) is 0 Å². The maximum absolute atomic E-state index is 3.77. The van der Waals surface area contributed by atoms with Crippen LogP contribution in [0.3, 0.4) is 0 Å². The first-order valence-electron chi connectivity index (χ1n) is 11.5. The molecule has 4 fully saturated rings. The van der Waals surface area contributed by atoms with Crippen molar-refractivity contribution in [2.24, 2.45) is 22.7 Å². The Morgan fingerprint density at radius 1 is 0.846 bits per heavy atom. The molecule has 0 aromatic heterocycles. The Balaban J connectivity index is 1.65. The molecule has 2 spiro atoms. The fourth-order valence-corrected chi connectivity index (χ4v) is 6.92. The normalized spacial score (nSPS) is 39.2. The lowest BCUT2D eigenvalue weighted by molar-refractivity contribution is -0.0915. The molecule has 150 valence electrons. The van der Waals surface area contributed by atoms with Gasteiger partial charge < -0.3 is 20.4 Å². The minimum absolute atomic E-state index is 0.574. The molecule has 0 aromatic rings. The van der Waals surface area contributed by atoms with E-state index in [0.717, 1.165) is 11.8 Å². The van der Waals surface area contributed by atoms with Gasteiger partial charge in [-0.25, -0.2) is 0 Å². The standard InChI is InChI=1S/C22H42N4/c1-4-25-13-8-21(5-10-23-11-6-21)19(15-25)20-16-26(18(2)3)14-9-22(20)7-12-24-17-22/h18-20,23-24H,4-17H2,1-3H3. The minimum atomic E-state index is 0.574. The fourth-order valence-electron chi connectivity index (χ4n) is 6.92. The van der Waals surface area contributed by atoms with Crippen LogP contribution < -0.4 is 10.6 Å². The van der Waals surface area contributed by atoms with Gasteiger partial charge in [-0.1, -0.05) is 6.92 Å². The van der Waals surface area contributed by atoms with Gasteiger partial charge in [0.2, 0.25) is 0 Å². The Labute approximate surface area is 161 Å². The summed E-state index contributed by atoms with van der Waals surface area (Å²) in [6.45, 7) is 18.8. The van der Waals surface area contributed by atoms with Gasteiger partial charge in [-0.3, -0.25) is 0 Å². The van der Waals surface area contributed by atoms with Gasteiger partial charge in [0.05, 0.1) is 0 Å². The van der Waals surface area contributed by atoms with Crippen LogP contribution in [0.15, 0.2) is 0 Å². The third-order valence-electron chi connectivity index (χ3n) is 8.82. The van der Waals surface area contributed by atoms with Crippen LogP contribution in [0, 0.1) is 22.7 Å². The third-order valence-corrected chi connectivity index (χ3v) is 8.82. The van der Waals surface area contributed by atoms with Crippen LogP contribution in [0.25, 0.3) is 0 Å². The number of hydrogen-bond donors (Lipinski definition) is 2. The van der Waals surface area contributed by atoms with E-state index in [1.54, 1.807) is 0 Å². The van der Waals surface area contributed by atoms with Crippen LogP contribution in [0.4, 0.5) is 0 Å². The first kappa shape index (κ1) is 19.2. The van der Waals surface area contributed by atoms with Crippen molar-refractivity contribution in [3.63, 3.8) is 0 Å². The highest BCUT2D eigenvalue weighted by Crippen LogP contribution is 2.55. The highest BCUT2D eigenvalue weighted by Gasteiger charge is 2.55. The Hall–Kier alpha value is -0.160. The van der Waals surface area contributed by atoms with E-state index in [9.17, 15) is 0 Å². The molecule has 2 N–H and O–H groups in total. The lowest BCUT2D eigenvalue weighted by Gasteiger charge is -2.59. The first-order chi connectivity index (χ1) is 12.6. The summed E-state index contributed by atoms with van der Waals surface area (Å²) in [5, 5.41) is 7.42. The largest absolute Gasteiger partial charge is 0.317 e. The molecule has 0 amide bonds. The predicted molar refractivity (Wildman–Crippen MR) is 109 cm³/mol. The zero-order chi connectivity index (χ0) is 18.2. The average Bonchev–Trinajstić information content (AvgIpc) is 3.12. The smallest absolute Gasteiger partial charge is 0.00387 e. The molecule has 0 radical (unpaired) electrons. The Kier molecular flexibility index (Phi) is 5.67. The van der Waals surface area contributed by atoms with E-state index in [-0.39, 0.29) is 0 Å². The van der Waals surface area contributed by atoms with Gasteiger partial charge in [0.15, 0.2) is 0 Å². The molecule has 0 aliphatic carbocycles. The van der Waals surface area contributed by atoms with Gasteiger partial charge >= 0.3 is 0 Å². The second-order valence-electron chi connectivity index (χ2n) is 10.1. The summed E-state index contributed by atoms with van der Waals surface area (Å²) in [6.07, 6.45) is 7.10. The minimum Gasteiger partial charge on any atom is -0.317 e. The number of hydrogen-bond acceptors (Lipinski definition) is 4. The molecule has 3 atom stereocenters. The summed E-state index contributed by atoms with van der Waals surface area (Å²) < 4.78 is 0. The van der Waals surface area contributed by atoms with E-state index in [2.05, 4.69) is 41.2 Å². The molecular weight excluding hydrogens is 320 g/mol. The molecule has 0 aromatic carbocycles. The molecule has 4 rings (SSSR count). The topological polar surface area (TPSA) is 30.5 Å². The molecule has 0 bridgehead atoms. The van der Waals surface area contributed by atoms with E-state index >= 15 is 0 Å². The van der Waals surface area contributed by atoms with Crippen molar-refractivity contribution < 1.29 is 0 Å². The monoisotopic (exact) mass is 362 g/mol. The summed E-state index contributed by atoms with van der Waals surface area (Å²) in [4.78, 5) is 5.57.